The zero-order chi connectivity index (χ0) is 18.9. The Balaban J connectivity index is 1.75. The van der Waals surface area contributed by atoms with Crippen molar-refractivity contribution < 1.29 is 22.8 Å². The molecule has 2 heterocycles. The predicted molar refractivity (Wildman–Crippen MR) is 90.6 cm³/mol. The molecule has 0 bridgehead atoms. The fourth-order valence-electron chi connectivity index (χ4n) is 2.77. The van der Waals surface area contributed by atoms with Gasteiger partial charge in [-0.05, 0) is 24.3 Å². The van der Waals surface area contributed by atoms with E-state index in [4.69, 9.17) is 0 Å². The fraction of sp³-hybridized carbons (Fsp3) is 0.312. The molecule has 1 aliphatic heterocycles. The molecule has 0 saturated carbocycles. The molecule has 1 N–H and O–H groups in total. The Morgan fingerprint density at radius 1 is 1.38 bits per heavy atom. The molecule has 0 radical (unpaired) electrons. The molecule has 0 spiro atoms. The number of nitrogens with one attached hydrogen (secondary N) is 1. The van der Waals surface area contributed by atoms with E-state index in [1.54, 1.807) is 41.3 Å². The molecule has 2 aromatic rings. The Bertz CT molecular complexity index is 823. The Labute approximate surface area is 155 Å². The van der Waals surface area contributed by atoms with E-state index in [-0.39, 0.29) is 13.0 Å². The van der Waals surface area contributed by atoms with Crippen LogP contribution in [0.25, 0.3) is 5.69 Å². The van der Waals surface area contributed by atoms with Crippen LogP contribution < -0.4 is 5.32 Å². The van der Waals surface area contributed by atoms with Crippen molar-refractivity contribution in [2.45, 2.75) is 12.6 Å². The van der Waals surface area contributed by atoms with E-state index in [9.17, 15) is 22.8 Å². The highest BCUT2D eigenvalue weighted by Gasteiger charge is 2.40. The molecular formula is C16H14BrF3N4O2. The van der Waals surface area contributed by atoms with Gasteiger partial charge < -0.3 is 10.2 Å². The summed E-state index contributed by atoms with van der Waals surface area (Å²) in [7, 11) is 0. The molecule has 3 rings (SSSR count). The van der Waals surface area contributed by atoms with Crippen molar-refractivity contribution in [1.29, 1.82) is 0 Å². The highest BCUT2D eigenvalue weighted by Crippen LogP contribution is 2.28. The molecule has 6 nitrogen and oxygen atoms in total. The first-order valence-corrected chi connectivity index (χ1v) is 8.47. The van der Waals surface area contributed by atoms with Gasteiger partial charge in [-0.2, -0.15) is 18.3 Å². The lowest BCUT2D eigenvalue weighted by atomic mass is 10.1. The summed E-state index contributed by atoms with van der Waals surface area (Å²) in [5, 5.41) is 6.80. The summed E-state index contributed by atoms with van der Waals surface area (Å²) in [5.41, 5.74) is 1.04. The third-order valence-corrected chi connectivity index (χ3v) is 4.42. The fourth-order valence-corrected chi connectivity index (χ4v) is 3.13. The third kappa shape index (κ3) is 4.24. The number of benzene rings is 1. The molecule has 1 aliphatic rings. The number of likely N-dealkylation sites (tertiary alicyclic amines) is 1. The van der Waals surface area contributed by atoms with Crippen LogP contribution in [0.3, 0.4) is 0 Å². The van der Waals surface area contributed by atoms with E-state index in [0.29, 0.717) is 20.7 Å². The summed E-state index contributed by atoms with van der Waals surface area (Å²) in [4.78, 5) is 24.9. The molecule has 1 aromatic carbocycles. The van der Waals surface area contributed by atoms with E-state index >= 15 is 0 Å². The van der Waals surface area contributed by atoms with Crippen LogP contribution >= 0.6 is 15.9 Å². The lowest BCUT2D eigenvalue weighted by Crippen LogP contribution is -2.36. The second-order valence-corrected chi connectivity index (χ2v) is 6.81. The van der Waals surface area contributed by atoms with Gasteiger partial charge >= 0.3 is 6.18 Å². The molecule has 26 heavy (non-hydrogen) atoms. The highest BCUT2D eigenvalue weighted by atomic mass is 79.9. The number of halogens is 4. The van der Waals surface area contributed by atoms with Gasteiger partial charge in [0.1, 0.15) is 6.54 Å². The number of rotatable bonds is 4. The van der Waals surface area contributed by atoms with Crippen LogP contribution in [-0.2, 0) is 9.59 Å². The molecule has 1 saturated heterocycles. The number of aromatic nitrogens is 2. The topological polar surface area (TPSA) is 67.2 Å². The zero-order valence-electron chi connectivity index (χ0n) is 13.3. The maximum Gasteiger partial charge on any atom is 0.406 e. The molecule has 1 atom stereocenters. The van der Waals surface area contributed by atoms with Crippen LogP contribution in [0.1, 0.15) is 6.42 Å². The Morgan fingerprint density at radius 3 is 2.81 bits per heavy atom. The van der Waals surface area contributed by atoms with Crippen LogP contribution in [0.5, 0.6) is 0 Å². The standard InChI is InChI=1S/C16H14BrF3N4O2/c17-11-2-3-13(24-5-1-4-21-24)12(7-11)22-15(26)10-6-14(25)23(8-10)9-16(18,19)20/h1-5,7,10H,6,8-9H2,(H,22,26)/t10-/m1/s1. The zero-order valence-corrected chi connectivity index (χ0v) is 14.9. The quantitative estimate of drug-likeness (QED) is 0.810. The van der Waals surface area contributed by atoms with Gasteiger partial charge in [0, 0.05) is 29.8 Å². The minimum Gasteiger partial charge on any atom is -0.333 e. The molecule has 1 fully saturated rings. The van der Waals surface area contributed by atoms with Gasteiger partial charge in [-0.3, -0.25) is 9.59 Å². The van der Waals surface area contributed by atoms with E-state index in [1.165, 1.54) is 0 Å². The van der Waals surface area contributed by atoms with E-state index < -0.39 is 30.5 Å². The number of hydrogen-bond donors (Lipinski definition) is 1. The van der Waals surface area contributed by atoms with Crippen molar-refractivity contribution in [2.75, 3.05) is 18.4 Å². The molecule has 0 aliphatic carbocycles. The summed E-state index contributed by atoms with van der Waals surface area (Å²) in [6.07, 6.45) is -1.45. The second kappa shape index (κ2) is 7.10. The van der Waals surface area contributed by atoms with E-state index in [1.807, 2.05) is 0 Å². The van der Waals surface area contributed by atoms with Crippen molar-refractivity contribution >= 4 is 33.4 Å². The van der Waals surface area contributed by atoms with Crippen molar-refractivity contribution in [3.63, 3.8) is 0 Å². The highest BCUT2D eigenvalue weighted by molar-refractivity contribution is 9.10. The molecule has 0 unspecified atom stereocenters. The van der Waals surface area contributed by atoms with Crippen molar-refractivity contribution in [2.24, 2.45) is 5.92 Å². The van der Waals surface area contributed by atoms with Gasteiger partial charge in [-0.25, -0.2) is 4.68 Å². The van der Waals surface area contributed by atoms with Crippen LogP contribution in [-0.4, -0.2) is 45.8 Å². The number of carbonyl (C=O) groups is 2. The maximum atomic E-state index is 12.5. The maximum absolute atomic E-state index is 12.5. The smallest absolute Gasteiger partial charge is 0.333 e. The summed E-state index contributed by atoms with van der Waals surface area (Å²) < 4.78 is 39.8. The summed E-state index contributed by atoms with van der Waals surface area (Å²) in [6.45, 7) is -1.60. The normalized spacial score (nSPS) is 17.6. The second-order valence-electron chi connectivity index (χ2n) is 5.89. The summed E-state index contributed by atoms with van der Waals surface area (Å²) in [6, 6.07) is 6.90. The Kier molecular flexibility index (Phi) is 5.03. The van der Waals surface area contributed by atoms with Crippen molar-refractivity contribution in [1.82, 2.24) is 14.7 Å². The molecule has 2 amide bonds. The number of hydrogen-bond acceptors (Lipinski definition) is 3. The number of amides is 2. The van der Waals surface area contributed by atoms with Crippen molar-refractivity contribution in [3.05, 3.63) is 41.1 Å². The van der Waals surface area contributed by atoms with Gasteiger partial charge in [-0.1, -0.05) is 15.9 Å². The lowest BCUT2D eigenvalue weighted by Gasteiger charge is -2.18. The Morgan fingerprint density at radius 2 is 2.15 bits per heavy atom. The van der Waals surface area contributed by atoms with E-state index in [0.717, 1.165) is 0 Å². The third-order valence-electron chi connectivity index (χ3n) is 3.92. The van der Waals surface area contributed by atoms with Gasteiger partial charge in [0.15, 0.2) is 0 Å². The van der Waals surface area contributed by atoms with Crippen LogP contribution in [0.15, 0.2) is 41.1 Å². The molecule has 1 aromatic heterocycles. The Hall–Kier alpha value is -2.36. The molecule has 138 valence electrons. The predicted octanol–water partition coefficient (Wildman–Crippen LogP) is 2.98. The number of anilines is 1. The van der Waals surface area contributed by atoms with Crippen LogP contribution in [0, 0.1) is 5.92 Å². The SMILES string of the molecule is O=C(Nc1cc(Br)ccc1-n1cccn1)[C@@H]1CC(=O)N(CC(F)(F)F)C1. The first kappa shape index (κ1) is 18.4. The molecule has 10 heteroatoms. The average Bonchev–Trinajstić information content (AvgIpc) is 3.17. The summed E-state index contributed by atoms with van der Waals surface area (Å²) >= 11 is 3.32. The van der Waals surface area contributed by atoms with Crippen LogP contribution in [0.4, 0.5) is 18.9 Å². The van der Waals surface area contributed by atoms with Gasteiger partial charge in [0.25, 0.3) is 0 Å². The number of alkyl halides is 3. The first-order chi connectivity index (χ1) is 12.2. The average molecular weight is 431 g/mol. The summed E-state index contributed by atoms with van der Waals surface area (Å²) in [5.74, 6) is -2.02. The minimum atomic E-state index is -4.49. The van der Waals surface area contributed by atoms with Crippen molar-refractivity contribution in [3.8, 4) is 5.69 Å². The van der Waals surface area contributed by atoms with Gasteiger partial charge in [0.2, 0.25) is 11.8 Å². The monoisotopic (exact) mass is 430 g/mol. The van der Waals surface area contributed by atoms with Crippen LogP contribution in [0.2, 0.25) is 0 Å². The lowest BCUT2D eigenvalue weighted by molar-refractivity contribution is -0.157. The van der Waals surface area contributed by atoms with Gasteiger partial charge in [0.05, 0.1) is 17.3 Å². The first-order valence-electron chi connectivity index (χ1n) is 7.68. The van der Waals surface area contributed by atoms with Gasteiger partial charge in [-0.15, -0.1) is 0 Å². The van der Waals surface area contributed by atoms with E-state index in [2.05, 4.69) is 26.3 Å². The largest absolute Gasteiger partial charge is 0.406 e. The number of nitrogens with zero attached hydrogens (tertiary/aromatic N) is 3. The number of carbonyl (C=O) groups excluding carboxylic acids is 2. The minimum absolute atomic E-state index is 0.243. The molecular weight excluding hydrogens is 417 g/mol.